The van der Waals surface area contributed by atoms with E-state index in [1.54, 1.807) is 12.0 Å². The Morgan fingerprint density at radius 3 is 2.77 bits per heavy atom. The fraction of sp³-hybridized carbons (Fsp3) is 0.286. The van der Waals surface area contributed by atoms with Gasteiger partial charge in [0.2, 0.25) is 11.7 Å². The van der Waals surface area contributed by atoms with E-state index in [0.29, 0.717) is 36.0 Å². The fourth-order valence-corrected chi connectivity index (χ4v) is 3.57. The van der Waals surface area contributed by atoms with Crippen molar-refractivity contribution in [3.8, 4) is 17.1 Å². The maximum Gasteiger partial charge on any atom is 0.269 e. The van der Waals surface area contributed by atoms with Gasteiger partial charge in [-0.2, -0.15) is 4.98 Å². The van der Waals surface area contributed by atoms with Crippen LogP contribution in [0.5, 0.6) is 5.75 Å². The number of ether oxygens (including phenoxy) is 1. The number of benzene rings is 2. The summed E-state index contributed by atoms with van der Waals surface area (Å²) in [5.74, 6) is 1.28. The Labute approximate surface area is 172 Å². The molecular formula is C21H20N4O5. The third kappa shape index (κ3) is 3.86. The minimum absolute atomic E-state index is 0.0541. The van der Waals surface area contributed by atoms with Crippen molar-refractivity contribution in [1.29, 1.82) is 0 Å². The SMILES string of the molecule is COc1cccc(-c2noc([C@@H]3CCCCN3C(=O)c3ccc([N+](=O)[O-])cc3)n2)c1. The molecule has 1 atom stereocenters. The Bertz CT molecular complexity index is 1060. The van der Waals surface area contributed by atoms with Gasteiger partial charge in [-0.05, 0) is 43.5 Å². The highest BCUT2D eigenvalue weighted by atomic mass is 16.6. The van der Waals surface area contributed by atoms with E-state index in [2.05, 4.69) is 10.1 Å². The highest BCUT2D eigenvalue weighted by Crippen LogP contribution is 2.33. The summed E-state index contributed by atoms with van der Waals surface area (Å²) in [7, 11) is 1.59. The molecule has 0 spiro atoms. The van der Waals surface area contributed by atoms with E-state index in [9.17, 15) is 14.9 Å². The van der Waals surface area contributed by atoms with Crippen LogP contribution >= 0.6 is 0 Å². The van der Waals surface area contributed by atoms with Crippen molar-refractivity contribution >= 4 is 11.6 Å². The molecule has 0 radical (unpaired) electrons. The van der Waals surface area contributed by atoms with Crippen molar-refractivity contribution < 1.29 is 19.0 Å². The normalized spacial score (nSPS) is 16.3. The predicted molar refractivity (Wildman–Crippen MR) is 107 cm³/mol. The average molecular weight is 408 g/mol. The average Bonchev–Trinajstić information content (AvgIpc) is 3.29. The molecule has 9 nitrogen and oxygen atoms in total. The molecule has 1 saturated heterocycles. The van der Waals surface area contributed by atoms with Crippen molar-refractivity contribution in [1.82, 2.24) is 15.0 Å². The molecule has 2 heterocycles. The molecule has 1 amide bonds. The van der Waals surface area contributed by atoms with Crippen molar-refractivity contribution in [2.45, 2.75) is 25.3 Å². The molecule has 30 heavy (non-hydrogen) atoms. The fourth-order valence-electron chi connectivity index (χ4n) is 3.57. The van der Waals surface area contributed by atoms with E-state index in [1.165, 1.54) is 24.3 Å². The molecule has 154 valence electrons. The number of piperidine rings is 1. The largest absolute Gasteiger partial charge is 0.497 e. The van der Waals surface area contributed by atoms with Crippen LogP contribution in [0, 0.1) is 10.1 Å². The molecule has 2 aromatic carbocycles. The standard InChI is InChI=1S/C21H20N4O5/c1-29-17-6-4-5-15(13-17)19-22-20(30-23-19)18-7-2-3-12-24(18)21(26)14-8-10-16(11-9-14)25(27)28/h4-6,8-11,13,18H,2-3,7,12H2,1H3/t18-/m0/s1. The lowest BCUT2D eigenvalue weighted by atomic mass is 10.0. The quantitative estimate of drug-likeness (QED) is 0.463. The number of amides is 1. The zero-order chi connectivity index (χ0) is 21.1. The second kappa shape index (κ2) is 8.32. The number of methoxy groups -OCH3 is 1. The number of nitro benzene ring substituents is 1. The number of non-ortho nitro benzene ring substituents is 1. The van der Waals surface area contributed by atoms with E-state index in [0.717, 1.165) is 18.4 Å². The summed E-state index contributed by atoms with van der Waals surface area (Å²) in [5, 5.41) is 14.9. The van der Waals surface area contributed by atoms with Crippen LogP contribution in [0.1, 0.15) is 41.6 Å². The van der Waals surface area contributed by atoms with Crippen molar-refractivity contribution in [2.24, 2.45) is 0 Å². The Morgan fingerprint density at radius 1 is 1.23 bits per heavy atom. The number of carbonyl (C=O) groups is 1. The van der Waals surface area contributed by atoms with Crippen LogP contribution in [0.3, 0.4) is 0 Å². The number of carbonyl (C=O) groups excluding carboxylic acids is 1. The highest BCUT2D eigenvalue weighted by molar-refractivity contribution is 5.94. The van der Waals surface area contributed by atoms with E-state index >= 15 is 0 Å². The van der Waals surface area contributed by atoms with Gasteiger partial charge in [-0.25, -0.2) is 0 Å². The predicted octanol–water partition coefficient (Wildman–Crippen LogP) is 4.02. The van der Waals surface area contributed by atoms with Crippen LogP contribution in [0.25, 0.3) is 11.4 Å². The number of hydrogen-bond acceptors (Lipinski definition) is 7. The van der Waals surface area contributed by atoms with Gasteiger partial charge in [0.05, 0.1) is 12.0 Å². The Balaban J connectivity index is 1.58. The highest BCUT2D eigenvalue weighted by Gasteiger charge is 2.33. The summed E-state index contributed by atoms with van der Waals surface area (Å²) in [4.78, 5) is 29.7. The maximum atomic E-state index is 13.1. The third-order valence-electron chi connectivity index (χ3n) is 5.14. The maximum absolute atomic E-state index is 13.1. The van der Waals surface area contributed by atoms with Gasteiger partial charge < -0.3 is 14.2 Å². The first-order chi connectivity index (χ1) is 14.6. The zero-order valence-electron chi connectivity index (χ0n) is 16.4. The molecule has 0 unspecified atom stereocenters. The van der Waals surface area contributed by atoms with Gasteiger partial charge in [0.15, 0.2) is 0 Å². The lowest BCUT2D eigenvalue weighted by molar-refractivity contribution is -0.384. The van der Waals surface area contributed by atoms with Gasteiger partial charge in [-0.15, -0.1) is 0 Å². The monoisotopic (exact) mass is 408 g/mol. The van der Waals surface area contributed by atoms with Crippen LogP contribution in [0.4, 0.5) is 5.69 Å². The molecule has 0 N–H and O–H groups in total. The van der Waals surface area contributed by atoms with Gasteiger partial charge >= 0.3 is 0 Å². The van der Waals surface area contributed by atoms with E-state index in [-0.39, 0.29) is 17.6 Å². The lowest BCUT2D eigenvalue weighted by Crippen LogP contribution is -2.38. The molecule has 1 aliphatic rings. The molecule has 4 rings (SSSR count). The lowest BCUT2D eigenvalue weighted by Gasteiger charge is -2.33. The first kappa shape index (κ1) is 19.6. The smallest absolute Gasteiger partial charge is 0.269 e. The Morgan fingerprint density at radius 2 is 2.03 bits per heavy atom. The van der Waals surface area contributed by atoms with Crippen LogP contribution in [-0.4, -0.2) is 39.5 Å². The Hall–Kier alpha value is -3.75. The summed E-state index contributed by atoms with van der Waals surface area (Å²) < 4.78 is 10.8. The van der Waals surface area contributed by atoms with Crippen LogP contribution in [-0.2, 0) is 0 Å². The molecular weight excluding hydrogens is 388 g/mol. The molecule has 0 aliphatic carbocycles. The number of likely N-dealkylation sites (tertiary alicyclic amines) is 1. The van der Waals surface area contributed by atoms with Gasteiger partial charge in [0.1, 0.15) is 11.8 Å². The van der Waals surface area contributed by atoms with Crippen LogP contribution in [0.2, 0.25) is 0 Å². The molecule has 1 aliphatic heterocycles. The van der Waals surface area contributed by atoms with Crippen LogP contribution in [0.15, 0.2) is 53.1 Å². The molecule has 0 bridgehead atoms. The van der Waals surface area contributed by atoms with E-state index in [4.69, 9.17) is 9.26 Å². The number of nitrogens with zero attached hydrogens (tertiary/aromatic N) is 4. The van der Waals surface area contributed by atoms with E-state index in [1.807, 2.05) is 24.3 Å². The van der Waals surface area contributed by atoms with Crippen molar-refractivity contribution in [3.63, 3.8) is 0 Å². The molecule has 1 fully saturated rings. The van der Waals surface area contributed by atoms with Gasteiger partial charge in [-0.1, -0.05) is 17.3 Å². The summed E-state index contributed by atoms with van der Waals surface area (Å²) in [5.41, 5.74) is 1.09. The first-order valence-electron chi connectivity index (χ1n) is 9.60. The number of rotatable bonds is 5. The third-order valence-corrected chi connectivity index (χ3v) is 5.14. The zero-order valence-corrected chi connectivity index (χ0v) is 16.4. The second-order valence-corrected chi connectivity index (χ2v) is 7.00. The van der Waals surface area contributed by atoms with E-state index < -0.39 is 4.92 Å². The first-order valence-corrected chi connectivity index (χ1v) is 9.60. The summed E-state index contributed by atoms with van der Waals surface area (Å²) >= 11 is 0. The van der Waals surface area contributed by atoms with Crippen molar-refractivity contribution in [2.75, 3.05) is 13.7 Å². The topological polar surface area (TPSA) is 112 Å². The molecule has 3 aromatic rings. The second-order valence-electron chi connectivity index (χ2n) is 7.00. The summed E-state index contributed by atoms with van der Waals surface area (Å²) in [6.07, 6.45) is 2.51. The van der Waals surface area contributed by atoms with Gasteiger partial charge in [0.25, 0.3) is 11.6 Å². The number of aromatic nitrogens is 2. The number of nitro groups is 1. The molecule has 9 heteroatoms. The summed E-state index contributed by atoms with van der Waals surface area (Å²) in [6.45, 7) is 0.553. The van der Waals surface area contributed by atoms with Crippen molar-refractivity contribution in [3.05, 3.63) is 70.1 Å². The molecule has 1 aromatic heterocycles. The van der Waals surface area contributed by atoms with Gasteiger partial charge in [-0.3, -0.25) is 14.9 Å². The number of hydrogen-bond donors (Lipinski definition) is 0. The van der Waals surface area contributed by atoms with Crippen LogP contribution < -0.4 is 4.74 Å². The summed E-state index contributed by atoms with van der Waals surface area (Å²) in [6, 6.07) is 12.6. The minimum atomic E-state index is -0.490. The molecule has 0 saturated carbocycles. The Kier molecular flexibility index (Phi) is 5.42. The minimum Gasteiger partial charge on any atom is -0.497 e. The van der Waals surface area contributed by atoms with Gasteiger partial charge in [0, 0.05) is 29.8 Å².